The smallest absolute Gasteiger partial charge is 0.0246 e. The molecule has 0 saturated carbocycles. The molecule has 0 aromatic rings. The van der Waals surface area contributed by atoms with E-state index in [4.69, 9.17) is 0 Å². The minimum atomic E-state index is 0.808. The predicted octanol–water partition coefficient (Wildman–Crippen LogP) is 0.833. The Morgan fingerprint density at radius 2 is 2.18 bits per heavy atom. The Balaban J connectivity index is 1.99. The summed E-state index contributed by atoms with van der Waals surface area (Å²) < 4.78 is 0. The summed E-state index contributed by atoms with van der Waals surface area (Å²) in [7, 11) is 2.27. The maximum absolute atomic E-state index is 3.61. The van der Waals surface area contributed by atoms with E-state index in [0.29, 0.717) is 0 Å². The Bertz CT molecular complexity index is 134. The van der Waals surface area contributed by atoms with E-state index >= 15 is 0 Å². The highest BCUT2D eigenvalue weighted by Gasteiger charge is 2.30. The second-order valence-electron chi connectivity index (χ2n) is 3.89. The zero-order valence-corrected chi connectivity index (χ0v) is 7.34. The fraction of sp³-hybridized carbons (Fsp3) is 1.00. The van der Waals surface area contributed by atoms with Crippen LogP contribution in [0.2, 0.25) is 0 Å². The number of piperidine rings is 2. The van der Waals surface area contributed by atoms with Crippen molar-refractivity contribution < 1.29 is 0 Å². The number of hydrogen-bond acceptors (Lipinski definition) is 2. The van der Waals surface area contributed by atoms with E-state index in [9.17, 15) is 0 Å². The third-order valence-corrected chi connectivity index (χ3v) is 3.14. The quantitative estimate of drug-likeness (QED) is 0.556. The van der Waals surface area contributed by atoms with Gasteiger partial charge in [0.05, 0.1) is 0 Å². The first kappa shape index (κ1) is 7.56. The summed E-state index contributed by atoms with van der Waals surface area (Å²) in [5, 5.41) is 3.61. The van der Waals surface area contributed by atoms with Gasteiger partial charge in [-0.15, -0.1) is 0 Å². The van der Waals surface area contributed by atoms with Gasteiger partial charge in [-0.1, -0.05) is 0 Å². The van der Waals surface area contributed by atoms with E-state index in [1.54, 1.807) is 0 Å². The van der Waals surface area contributed by atoms with Crippen LogP contribution in [0.15, 0.2) is 0 Å². The van der Waals surface area contributed by atoms with Crippen molar-refractivity contribution in [2.75, 3.05) is 20.1 Å². The van der Waals surface area contributed by atoms with E-state index in [1.165, 1.54) is 38.8 Å². The van der Waals surface area contributed by atoms with Crippen LogP contribution in [0.5, 0.6) is 0 Å². The van der Waals surface area contributed by atoms with Crippen molar-refractivity contribution in [3.63, 3.8) is 0 Å². The van der Waals surface area contributed by atoms with Gasteiger partial charge in [-0.3, -0.25) is 0 Å². The van der Waals surface area contributed by atoms with Crippen molar-refractivity contribution in [3.8, 4) is 0 Å². The molecule has 2 aliphatic rings. The lowest BCUT2D eigenvalue weighted by atomic mass is 9.90. The molecule has 0 spiro atoms. The SMILES string of the molecule is CN1CCC[C@@H]2NCCC[C@@H]21. The summed E-state index contributed by atoms with van der Waals surface area (Å²) in [5.74, 6) is 0. The third kappa shape index (κ3) is 1.42. The highest BCUT2D eigenvalue weighted by molar-refractivity contribution is 4.90. The molecule has 2 heterocycles. The second kappa shape index (κ2) is 3.11. The standard InChI is InChI=1S/C9H18N2/c1-11-7-3-4-8-9(11)5-2-6-10-8/h8-10H,2-7H2,1H3/t8-,9-/m0/s1. The fourth-order valence-electron chi connectivity index (χ4n) is 2.48. The highest BCUT2D eigenvalue weighted by Crippen LogP contribution is 2.22. The van der Waals surface area contributed by atoms with Gasteiger partial charge in [0.2, 0.25) is 0 Å². The lowest BCUT2D eigenvalue weighted by molar-refractivity contribution is 0.113. The molecule has 0 bridgehead atoms. The molecule has 2 atom stereocenters. The van der Waals surface area contributed by atoms with Crippen LogP contribution in [0.4, 0.5) is 0 Å². The van der Waals surface area contributed by atoms with Crippen LogP contribution in [0.1, 0.15) is 25.7 Å². The zero-order chi connectivity index (χ0) is 7.68. The first-order chi connectivity index (χ1) is 5.38. The number of likely N-dealkylation sites (N-methyl/N-ethyl adjacent to an activating group) is 1. The normalized spacial score (nSPS) is 40.1. The first-order valence-corrected chi connectivity index (χ1v) is 4.81. The minimum Gasteiger partial charge on any atom is -0.312 e. The van der Waals surface area contributed by atoms with Gasteiger partial charge in [-0.2, -0.15) is 0 Å². The number of nitrogens with one attached hydrogen (secondary N) is 1. The first-order valence-electron chi connectivity index (χ1n) is 4.81. The molecule has 0 amide bonds. The number of fused-ring (bicyclic) bond motifs is 1. The van der Waals surface area contributed by atoms with Gasteiger partial charge in [0.1, 0.15) is 0 Å². The predicted molar refractivity (Wildman–Crippen MR) is 46.7 cm³/mol. The average molecular weight is 154 g/mol. The van der Waals surface area contributed by atoms with Crippen molar-refractivity contribution in [2.24, 2.45) is 0 Å². The van der Waals surface area contributed by atoms with E-state index in [2.05, 4.69) is 17.3 Å². The largest absolute Gasteiger partial charge is 0.312 e. The maximum Gasteiger partial charge on any atom is 0.0246 e. The van der Waals surface area contributed by atoms with Gasteiger partial charge in [-0.25, -0.2) is 0 Å². The fourth-order valence-corrected chi connectivity index (χ4v) is 2.48. The molecular weight excluding hydrogens is 136 g/mol. The van der Waals surface area contributed by atoms with Gasteiger partial charge >= 0.3 is 0 Å². The number of hydrogen-bond donors (Lipinski definition) is 1. The summed E-state index contributed by atoms with van der Waals surface area (Å²) in [4.78, 5) is 2.53. The Kier molecular flexibility index (Phi) is 2.14. The van der Waals surface area contributed by atoms with E-state index in [0.717, 1.165) is 12.1 Å². The Hall–Kier alpha value is -0.0800. The average Bonchev–Trinajstić information content (AvgIpc) is 2.06. The van der Waals surface area contributed by atoms with Crippen molar-refractivity contribution >= 4 is 0 Å². The van der Waals surface area contributed by atoms with Crippen molar-refractivity contribution in [2.45, 2.75) is 37.8 Å². The molecule has 0 aromatic heterocycles. The van der Waals surface area contributed by atoms with Gasteiger partial charge in [0.15, 0.2) is 0 Å². The molecule has 1 N–H and O–H groups in total. The maximum atomic E-state index is 3.61. The van der Waals surface area contributed by atoms with E-state index in [1.807, 2.05) is 0 Å². The molecule has 64 valence electrons. The Morgan fingerprint density at radius 1 is 1.27 bits per heavy atom. The molecule has 2 fully saturated rings. The molecule has 11 heavy (non-hydrogen) atoms. The molecular formula is C9H18N2. The molecule has 2 rings (SSSR count). The monoisotopic (exact) mass is 154 g/mol. The molecule has 2 saturated heterocycles. The summed E-state index contributed by atoms with van der Waals surface area (Å²) in [6.07, 6.45) is 5.55. The Morgan fingerprint density at radius 3 is 3.00 bits per heavy atom. The van der Waals surface area contributed by atoms with Gasteiger partial charge in [-0.05, 0) is 45.8 Å². The van der Waals surface area contributed by atoms with Crippen LogP contribution in [-0.2, 0) is 0 Å². The van der Waals surface area contributed by atoms with Crippen molar-refractivity contribution in [1.29, 1.82) is 0 Å². The summed E-state index contributed by atoms with van der Waals surface area (Å²) in [6.45, 7) is 2.55. The lowest BCUT2D eigenvalue weighted by Crippen LogP contribution is -2.55. The molecule has 2 heteroatoms. The zero-order valence-electron chi connectivity index (χ0n) is 7.34. The summed E-state index contributed by atoms with van der Waals surface area (Å²) in [5.41, 5.74) is 0. The van der Waals surface area contributed by atoms with Crippen LogP contribution < -0.4 is 5.32 Å². The molecule has 2 nitrogen and oxygen atoms in total. The Labute approximate surface area is 69.0 Å². The van der Waals surface area contributed by atoms with Crippen molar-refractivity contribution in [1.82, 2.24) is 10.2 Å². The molecule has 0 unspecified atom stereocenters. The van der Waals surface area contributed by atoms with Crippen molar-refractivity contribution in [3.05, 3.63) is 0 Å². The van der Waals surface area contributed by atoms with Crippen LogP contribution in [-0.4, -0.2) is 37.1 Å². The molecule has 0 aliphatic carbocycles. The molecule has 0 aromatic carbocycles. The minimum absolute atomic E-state index is 0.808. The molecule has 0 radical (unpaired) electrons. The topological polar surface area (TPSA) is 15.3 Å². The van der Waals surface area contributed by atoms with Gasteiger partial charge in [0, 0.05) is 12.1 Å². The van der Waals surface area contributed by atoms with Crippen LogP contribution in [0.25, 0.3) is 0 Å². The molecule has 2 aliphatic heterocycles. The number of nitrogens with zero attached hydrogens (tertiary/aromatic N) is 1. The van der Waals surface area contributed by atoms with Gasteiger partial charge in [0.25, 0.3) is 0 Å². The van der Waals surface area contributed by atoms with E-state index in [-0.39, 0.29) is 0 Å². The summed E-state index contributed by atoms with van der Waals surface area (Å²) in [6, 6.07) is 1.65. The highest BCUT2D eigenvalue weighted by atomic mass is 15.2. The lowest BCUT2D eigenvalue weighted by Gasteiger charge is -2.42. The number of rotatable bonds is 0. The third-order valence-electron chi connectivity index (χ3n) is 3.14. The second-order valence-corrected chi connectivity index (χ2v) is 3.89. The van der Waals surface area contributed by atoms with Gasteiger partial charge < -0.3 is 10.2 Å². The number of likely N-dealkylation sites (tertiary alicyclic amines) is 1. The van der Waals surface area contributed by atoms with Crippen LogP contribution in [0.3, 0.4) is 0 Å². The van der Waals surface area contributed by atoms with Crippen LogP contribution >= 0.6 is 0 Å². The van der Waals surface area contributed by atoms with Crippen LogP contribution in [0, 0.1) is 0 Å². The van der Waals surface area contributed by atoms with E-state index < -0.39 is 0 Å². The summed E-state index contributed by atoms with van der Waals surface area (Å²) >= 11 is 0.